The lowest BCUT2D eigenvalue weighted by Gasteiger charge is -2.25. The predicted molar refractivity (Wildman–Crippen MR) is 98.5 cm³/mol. The Bertz CT molecular complexity index is 1020. The van der Waals surface area contributed by atoms with E-state index in [9.17, 15) is 8.78 Å². The first-order valence-corrected chi connectivity index (χ1v) is 7.95. The summed E-state index contributed by atoms with van der Waals surface area (Å²) >= 11 is 0. The molecule has 0 aliphatic rings. The molecule has 1 aromatic heterocycles. The molecule has 26 heavy (non-hydrogen) atoms. The van der Waals surface area contributed by atoms with Crippen molar-refractivity contribution in [3.63, 3.8) is 0 Å². The van der Waals surface area contributed by atoms with E-state index in [1.165, 1.54) is 24.3 Å². The van der Waals surface area contributed by atoms with E-state index >= 15 is 0 Å². The Labute approximate surface area is 148 Å². The maximum atomic E-state index is 13.4. The van der Waals surface area contributed by atoms with Gasteiger partial charge in [-0.1, -0.05) is 12.1 Å². The lowest BCUT2D eigenvalue weighted by Crippen LogP contribution is -2.15. The number of hydrogen-bond donors (Lipinski definition) is 1. The minimum Gasteiger partial charge on any atom is -0.381 e. The van der Waals surface area contributed by atoms with Crippen LogP contribution < -0.4 is 10.6 Å². The molecule has 4 nitrogen and oxygen atoms in total. The minimum atomic E-state index is -0.356. The third kappa shape index (κ3) is 2.93. The van der Waals surface area contributed by atoms with Crippen LogP contribution in [-0.4, -0.2) is 9.97 Å². The highest BCUT2D eigenvalue weighted by atomic mass is 19.1. The molecule has 0 saturated heterocycles. The molecule has 0 amide bonds. The van der Waals surface area contributed by atoms with E-state index in [0.717, 1.165) is 0 Å². The molecule has 0 radical (unpaired) electrons. The summed E-state index contributed by atoms with van der Waals surface area (Å²) < 4.78 is 26.7. The van der Waals surface area contributed by atoms with Gasteiger partial charge in [0.2, 0.25) is 0 Å². The van der Waals surface area contributed by atoms with Crippen molar-refractivity contribution in [2.24, 2.45) is 0 Å². The van der Waals surface area contributed by atoms with Gasteiger partial charge in [-0.2, -0.15) is 0 Å². The van der Waals surface area contributed by atoms with Crippen LogP contribution in [0.5, 0.6) is 0 Å². The van der Waals surface area contributed by atoms with Gasteiger partial charge >= 0.3 is 0 Å². The molecule has 0 aliphatic carbocycles. The van der Waals surface area contributed by atoms with Crippen molar-refractivity contribution in [2.75, 3.05) is 10.6 Å². The molecule has 0 fully saturated rings. The Hall–Kier alpha value is -3.54. The first-order valence-electron chi connectivity index (χ1n) is 7.95. The number of para-hydroxylation sites is 2. The molecule has 0 unspecified atom stereocenters. The zero-order valence-electron chi connectivity index (χ0n) is 13.6. The van der Waals surface area contributed by atoms with Crippen LogP contribution >= 0.6 is 0 Å². The van der Waals surface area contributed by atoms with E-state index in [-0.39, 0.29) is 17.5 Å². The monoisotopic (exact) mass is 348 g/mol. The second-order valence-corrected chi connectivity index (χ2v) is 5.71. The third-order valence-corrected chi connectivity index (χ3v) is 3.96. The zero-order valence-corrected chi connectivity index (χ0v) is 13.6. The number of fused-ring (bicyclic) bond motifs is 1. The van der Waals surface area contributed by atoms with E-state index in [4.69, 9.17) is 5.73 Å². The number of nitrogen functional groups attached to an aromatic ring is 1. The van der Waals surface area contributed by atoms with E-state index in [1.54, 1.807) is 29.2 Å². The van der Waals surface area contributed by atoms with Crippen LogP contribution in [0.4, 0.5) is 31.8 Å². The molecule has 6 heteroatoms. The molecule has 4 rings (SSSR count). The van der Waals surface area contributed by atoms with Gasteiger partial charge in [-0.25, -0.2) is 18.7 Å². The quantitative estimate of drug-likeness (QED) is 0.568. The Morgan fingerprint density at radius 2 is 1.12 bits per heavy atom. The predicted octanol–water partition coefficient (Wildman–Crippen LogP) is 4.96. The Kier molecular flexibility index (Phi) is 3.93. The largest absolute Gasteiger partial charge is 0.381 e. The first kappa shape index (κ1) is 16.0. The summed E-state index contributed by atoms with van der Waals surface area (Å²) in [6.07, 6.45) is 0. The zero-order chi connectivity index (χ0) is 18.1. The molecule has 3 aromatic carbocycles. The lowest BCUT2D eigenvalue weighted by molar-refractivity contribution is 0.628. The number of nitrogens with two attached hydrogens (primary N) is 1. The summed E-state index contributed by atoms with van der Waals surface area (Å²) in [5, 5.41) is 0. The smallest absolute Gasteiger partial charge is 0.181 e. The summed E-state index contributed by atoms with van der Waals surface area (Å²) in [4.78, 5) is 10.7. The molecule has 1 heterocycles. The van der Waals surface area contributed by atoms with Crippen LogP contribution in [0.25, 0.3) is 11.0 Å². The van der Waals surface area contributed by atoms with E-state index < -0.39 is 0 Å². The molecular formula is C20H14F2N4. The number of anilines is 4. The highest BCUT2D eigenvalue weighted by Crippen LogP contribution is 2.36. The average Bonchev–Trinajstić information content (AvgIpc) is 2.65. The number of benzene rings is 3. The molecule has 4 aromatic rings. The molecular weight excluding hydrogens is 334 g/mol. The van der Waals surface area contributed by atoms with Gasteiger partial charge in [-0.15, -0.1) is 0 Å². The fourth-order valence-corrected chi connectivity index (χ4v) is 2.74. The summed E-state index contributed by atoms with van der Waals surface area (Å²) in [7, 11) is 0. The summed E-state index contributed by atoms with van der Waals surface area (Å²) in [5.74, 6) is -0.102. The second kappa shape index (κ2) is 6.40. The summed E-state index contributed by atoms with van der Waals surface area (Å²) in [6, 6.07) is 19.2. The van der Waals surface area contributed by atoms with Gasteiger partial charge in [0.25, 0.3) is 0 Å². The molecule has 0 aliphatic heterocycles. The second-order valence-electron chi connectivity index (χ2n) is 5.71. The van der Waals surface area contributed by atoms with Crippen LogP contribution in [0.2, 0.25) is 0 Å². The number of hydrogen-bond acceptors (Lipinski definition) is 4. The summed E-state index contributed by atoms with van der Waals surface area (Å²) in [6.45, 7) is 0. The van der Waals surface area contributed by atoms with Crippen LogP contribution in [0.15, 0.2) is 72.8 Å². The standard InChI is InChI=1S/C20H14F2N4/c21-13-5-9-15(10-6-13)26(16-11-7-14(22)8-12-16)20-19(23)24-17-3-1-2-4-18(17)25-20/h1-12H,(H2,23,24). The van der Waals surface area contributed by atoms with Crippen molar-refractivity contribution in [2.45, 2.75) is 0 Å². The third-order valence-electron chi connectivity index (χ3n) is 3.96. The maximum Gasteiger partial charge on any atom is 0.181 e. The van der Waals surface area contributed by atoms with Crippen LogP contribution in [0.3, 0.4) is 0 Å². The Morgan fingerprint density at radius 3 is 1.62 bits per heavy atom. The van der Waals surface area contributed by atoms with E-state index in [2.05, 4.69) is 9.97 Å². The minimum absolute atomic E-state index is 0.220. The number of rotatable bonds is 3. The van der Waals surface area contributed by atoms with Crippen molar-refractivity contribution >= 4 is 34.0 Å². The topological polar surface area (TPSA) is 55.0 Å². The molecule has 0 bridgehead atoms. The molecule has 2 N–H and O–H groups in total. The lowest BCUT2D eigenvalue weighted by atomic mass is 10.2. The fraction of sp³-hybridized carbons (Fsp3) is 0. The molecule has 0 saturated carbocycles. The van der Waals surface area contributed by atoms with Gasteiger partial charge in [-0.05, 0) is 60.7 Å². The summed E-state index contributed by atoms with van der Waals surface area (Å²) in [5.41, 5.74) is 8.77. The number of nitrogens with zero attached hydrogens (tertiary/aromatic N) is 3. The number of aromatic nitrogens is 2. The highest BCUT2D eigenvalue weighted by molar-refractivity contribution is 5.85. The SMILES string of the molecule is Nc1nc2ccccc2nc1N(c1ccc(F)cc1)c1ccc(F)cc1. The van der Waals surface area contributed by atoms with Gasteiger partial charge < -0.3 is 5.73 Å². The van der Waals surface area contributed by atoms with Gasteiger partial charge in [0.1, 0.15) is 11.6 Å². The maximum absolute atomic E-state index is 13.4. The van der Waals surface area contributed by atoms with Crippen LogP contribution in [0.1, 0.15) is 0 Å². The van der Waals surface area contributed by atoms with Crippen molar-refractivity contribution in [1.82, 2.24) is 9.97 Å². The Balaban J connectivity index is 1.94. The van der Waals surface area contributed by atoms with Crippen molar-refractivity contribution < 1.29 is 8.78 Å². The Morgan fingerprint density at radius 1 is 0.654 bits per heavy atom. The van der Waals surface area contributed by atoms with Crippen molar-refractivity contribution in [1.29, 1.82) is 0 Å². The molecule has 128 valence electrons. The van der Waals surface area contributed by atoms with E-state index in [0.29, 0.717) is 28.2 Å². The van der Waals surface area contributed by atoms with Crippen molar-refractivity contribution in [3.8, 4) is 0 Å². The highest BCUT2D eigenvalue weighted by Gasteiger charge is 2.18. The van der Waals surface area contributed by atoms with Gasteiger partial charge in [0.05, 0.1) is 11.0 Å². The normalized spacial score (nSPS) is 10.8. The van der Waals surface area contributed by atoms with Gasteiger partial charge in [0, 0.05) is 11.4 Å². The molecule has 0 atom stereocenters. The number of halogens is 2. The van der Waals surface area contributed by atoms with Crippen molar-refractivity contribution in [3.05, 3.63) is 84.4 Å². The van der Waals surface area contributed by atoms with E-state index in [1.807, 2.05) is 24.3 Å². The van der Waals surface area contributed by atoms with Gasteiger partial charge in [0.15, 0.2) is 11.6 Å². The fourth-order valence-electron chi connectivity index (χ4n) is 2.74. The average molecular weight is 348 g/mol. The van der Waals surface area contributed by atoms with Crippen LogP contribution in [0, 0.1) is 11.6 Å². The van der Waals surface area contributed by atoms with Gasteiger partial charge in [-0.3, -0.25) is 4.90 Å². The van der Waals surface area contributed by atoms with Crippen LogP contribution in [-0.2, 0) is 0 Å². The molecule has 0 spiro atoms. The first-order chi connectivity index (χ1) is 12.6.